The maximum atomic E-state index is 13.0. The molecule has 0 aliphatic carbocycles. The molecule has 0 aliphatic rings. The molecule has 0 fully saturated rings. The second-order valence-corrected chi connectivity index (χ2v) is 3.49. The number of hydrogen-bond donors (Lipinski definition) is 1. The van der Waals surface area contributed by atoms with Crippen LogP contribution < -0.4 is 0 Å². The number of fused-ring (bicyclic) bond motifs is 1. The summed E-state index contributed by atoms with van der Waals surface area (Å²) in [5.41, 5.74) is 0.211. The molecular weight excluding hydrogens is 255 g/mol. The van der Waals surface area contributed by atoms with Gasteiger partial charge in [0.15, 0.2) is 5.58 Å². The Morgan fingerprint density at radius 1 is 1.50 bits per heavy atom. The molecule has 14 heavy (non-hydrogen) atoms. The van der Waals surface area contributed by atoms with E-state index in [0.717, 1.165) is 0 Å². The molecule has 1 aromatic heterocycles. The van der Waals surface area contributed by atoms with Crippen molar-refractivity contribution in [1.29, 1.82) is 0 Å². The molecule has 2 aromatic rings. The zero-order valence-electron chi connectivity index (χ0n) is 6.75. The molecule has 1 heterocycles. The second kappa shape index (κ2) is 3.09. The van der Waals surface area contributed by atoms with Gasteiger partial charge >= 0.3 is 5.97 Å². The summed E-state index contributed by atoms with van der Waals surface area (Å²) in [6, 6.07) is 4.06. The third-order valence-corrected chi connectivity index (χ3v) is 2.53. The smallest absolute Gasteiger partial charge is 0.371 e. The van der Waals surface area contributed by atoms with Crippen LogP contribution in [0.25, 0.3) is 11.0 Å². The van der Waals surface area contributed by atoms with Crippen molar-refractivity contribution in [3.8, 4) is 0 Å². The summed E-state index contributed by atoms with van der Waals surface area (Å²) in [5.74, 6) is -1.86. The van der Waals surface area contributed by atoms with E-state index in [4.69, 9.17) is 9.52 Å². The summed E-state index contributed by atoms with van der Waals surface area (Å²) in [5, 5.41) is 9.19. The van der Waals surface area contributed by atoms with Gasteiger partial charge in [0.25, 0.3) is 0 Å². The summed E-state index contributed by atoms with van der Waals surface area (Å²) >= 11 is 2.98. The number of rotatable bonds is 1. The fraction of sp³-hybridized carbons (Fsp3) is 0. The van der Waals surface area contributed by atoms with Gasteiger partial charge in [0.2, 0.25) is 5.76 Å². The zero-order chi connectivity index (χ0) is 10.3. The van der Waals surface area contributed by atoms with Crippen LogP contribution in [0.15, 0.2) is 27.1 Å². The number of carboxylic acid groups (broad SMARTS) is 1. The van der Waals surface area contributed by atoms with Gasteiger partial charge in [0, 0.05) is 5.39 Å². The van der Waals surface area contributed by atoms with Crippen LogP contribution in [0.2, 0.25) is 0 Å². The summed E-state index contributed by atoms with van der Waals surface area (Å²) in [4.78, 5) is 10.6. The largest absolute Gasteiger partial charge is 0.475 e. The lowest BCUT2D eigenvalue weighted by atomic mass is 10.2. The van der Waals surface area contributed by atoms with Crippen LogP contribution in [-0.2, 0) is 0 Å². The van der Waals surface area contributed by atoms with Crippen molar-refractivity contribution in [3.63, 3.8) is 0 Å². The van der Waals surface area contributed by atoms with E-state index >= 15 is 0 Å². The molecule has 0 saturated carbocycles. The molecule has 1 aromatic carbocycles. The minimum Gasteiger partial charge on any atom is -0.475 e. The van der Waals surface area contributed by atoms with Gasteiger partial charge in [-0.2, -0.15) is 0 Å². The number of halogens is 2. The van der Waals surface area contributed by atoms with Gasteiger partial charge in [-0.15, -0.1) is 0 Å². The first-order valence-electron chi connectivity index (χ1n) is 3.70. The van der Waals surface area contributed by atoms with Gasteiger partial charge in [-0.25, -0.2) is 9.18 Å². The average Bonchev–Trinajstić information content (AvgIpc) is 2.56. The van der Waals surface area contributed by atoms with Crippen LogP contribution in [0.3, 0.4) is 0 Å². The Morgan fingerprint density at radius 3 is 2.86 bits per heavy atom. The number of furan rings is 1. The quantitative estimate of drug-likeness (QED) is 0.856. The highest BCUT2D eigenvalue weighted by Crippen LogP contribution is 2.29. The van der Waals surface area contributed by atoms with Crippen molar-refractivity contribution in [1.82, 2.24) is 0 Å². The summed E-state index contributed by atoms with van der Waals surface area (Å²) in [6.45, 7) is 0. The first-order valence-corrected chi connectivity index (χ1v) is 4.49. The van der Waals surface area contributed by atoms with Crippen molar-refractivity contribution in [2.45, 2.75) is 0 Å². The standard InChI is InChI=1S/C9H4BrFO3/c10-7-5(11)2-1-4-3-6(9(12)13)14-8(4)7/h1-3H,(H,12,13). The van der Waals surface area contributed by atoms with Crippen molar-refractivity contribution < 1.29 is 18.7 Å². The lowest BCUT2D eigenvalue weighted by molar-refractivity contribution is 0.0665. The number of benzene rings is 1. The number of aromatic carboxylic acids is 1. The van der Waals surface area contributed by atoms with Crippen molar-refractivity contribution in [3.05, 3.63) is 34.2 Å². The maximum Gasteiger partial charge on any atom is 0.371 e. The Bertz CT molecular complexity index is 518. The summed E-state index contributed by atoms with van der Waals surface area (Å²) < 4.78 is 18.1. The predicted octanol–water partition coefficient (Wildman–Crippen LogP) is 3.03. The Kier molecular flexibility index (Phi) is 2.03. The van der Waals surface area contributed by atoms with E-state index in [1.807, 2.05) is 0 Å². The van der Waals surface area contributed by atoms with Gasteiger partial charge in [-0.1, -0.05) is 0 Å². The van der Waals surface area contributed by atoms with Gasteiger partial charge in [0.1, 0.15) is 5.82 Å². The zero-order valence-corrected chi connectivity index (χ0v) is 8.34. The van der Waals surface area contributed by atoms with Crippen LogP contribution in [0, 0.1) is 5.82 Å². The second-order valence-electron chi connectivity index (χ2n) is 2.70. The molecule has 5 heteroatoms. The SMILES string of the molecule is O=C(O)c1cc2ccc(F)c(Br)c2o1. The Balaban J connectivity index is 2.77. The lowest BCUT2D eigenvalue weighted by Gasteiger charge is -1.93. The van der Waals surface area contributed by atoms with Gasteiger partial charge in [0.05, 0.1) is 4.47 Å². The molecule has 0 spiro atoms. The molecule has 1 N–H and O–H groups in total. The number of hydrogen-bond acceptors (Lipinski definition) is 2. The first kappa shape index (κ1) is 9.21. The molecule has 0 bridgehead atoms. The van der Waals surface area contributed by atoms with E-state index in [9.17, 15) is 9.18 Å². The number of carbonyl (C=O) groups is 1. The van der Waals surface area contributed by atoms with Crippen LogP contribution >= 0.6 is 15.9 Å². The molecule has 0 saturated heterocycles. The normalized spacial score (nSPS) is 10.7. The van der Waals surface area contributed by atoms with Gasteiger partial charge in [-0.05, 0) is 34.1 Å². The fourth-order valence-corrected chi connectivity index (χ4v) is 1.59. The maximum absolute atomic E-state index is 13.0. The minimum absolute atomic E-state index is 0.141. The van der Waals surface area contributed by atoms with E-state index in [-0.39, 0.29) is 15.8 Å². The molecule has 3 nitrogen and oxygen atoms in total. The van der Waals surface area contributed by atoms with E-state index in [0.29, 0.717) is 5.39 Å². The third-order valence-electron chi connectivity index (χ3n) is 1.79. The molecule has 2 rings (SSSR count). The Morgan fingerprint density at radius 2 is 2.21 bits per heavy atom. The van der Waals surface area contributed by atoms with E-state index < -0.39 is 11.8 Å². The molecule has 0 radical (unpaired) electrons. The summed E-state index contributed by atoms with van der Waals surface area (Å²) in [7, 11) is 0. The molecule has 0 atom stereocenters. The number of carboxylic acids is 1. The highest BCUT2D eigenvalue weighted by molar-refractivity contribution is 9.10. The highest BCUT2D eigenvalue weighted by Gasteiger charge is 2.14. The Labute approximate surface area is 86.3 Å². The lowest BCUT2D eigenvalue weighted by Crippen LogP contribution is -1.91. The van der Waals surface area contributed by atoms with E-state index in [1.54, 1.807) is 0 Å². The highest BCUT2D eigenvalue weighted by atomic mass is 79.9. The van der Waals surface area contributed by atoms with Crippen molar-refractivity contribution in [2.75, 3.05) is 0 Å². The predicted molar refractivity (Wildman–Crippen MR) is 50.8 cm³/mol. The van der Waals surface area contributed by atoms with Crippen LogP contribution in [-0.4, -0.2) is 11.1 Å². The molecule has 0 unspecified atom stereocenters. The first-order chi connectivity index (χ1) is 6.59. The Hall–Kier alpha value is -1.36. The topological polar surface area (TPSA) is 50.4 Å². The molecule has 0 amide bonds. The van der Waals surface area contributed by atoms with Gasteiger partial charge < -0.3 is 9.52 Å². The fourth-order valence-electron chi connectivity index (χ4n) is 1.15. The summed E-state index contributed by atoms with van der Waals surface area (Å²) in [6.07, 6.45) is 0. The minimum atomic E-state index is -1.17. The molecular formula is C9H4BrFO3. The van der Waals surface area contributed by atoms with Crippen LogP contribution in [0.5, 0.6) is 0 Å². The van der Waals surface area contributed by atoms with Crippen LogP contribution in [0.1, 0.15) is 10.6 Å². The van der Waals surface area contributed by atoms with Crippen LogP contribution in [0.4, 0.5) is 4.39 Å². The van der Waals surface area contributed by atoms with Gasteiger partial charge in [-0.3, -0.25) is 0 Å². The third kappa shape index (κ3) is 1.29. The average molecular weight is 259 g/mol. The molecule has 72 valence electrons. The monoisotopic (exact) mass is 258 g/mol. The molecule has 0 aliphatic heterocycles. The van der Waals surface area contributed by atoms with Crippen molar-refractivity contribution >= 4 is 32.9 Å². The van der Waals surface area contributed by atoms with E-state index in [2.05, 4.69) is 15.9 Å². The van der Waals surface area contributed by atoms with E-state index in [1.165, 1.54) is 18.2 Å². The van der Waals surface area contributed by atoms with Crippen molar-refractivity contribution in [2.24, 2.45) is 0 Å².